The van der Waals surface area contributed by atoms with E-state index in [9.17, 15) is 9.59 Å². The monoisotopic (exact) mass is 326 g/mol. The quantitative estimate of drug-likeness (QED) is 0.741. The van der Waals surface area contributed by atoms with E-state index in [1.807, 2.05) is 30.3 Å². The van der Waals surface area contributed by atoms with Crippen LogP contribution >= 0.6 is 0 Å². The molecule has 8 nitrogen and oxygen atoms in total. The molecule has 0 aliphatic carbocycles. The van der Waals surface area contributed by atoms with Crippen LogP contribution in [0.25, 0.3) is 5.65 Å². The lowest BCUT2D eigenvalue weighted by molar-refractivity contribution is 0.0696. The average molecular weight is 326 g/mol. The number of ether oxygens (including phenoxy) is 1. The van der Waals surface area contributed by atoms with E-state index < -0.39 is 12.1 Å². The van der Waals surface area contributed by atoms with E-state index in [0.717, 1.165) is 5.56 Å². The maximum atomic E-state index is 11.7. The molecule has 0 spiro atoms. The Balaban J connectivity index is 1.57. The Hall–Kier alpha value is -3.42. The van der Waals surface area contributed by atoms with Gasteiger partial charge in [-0.2, -0.15) is 0 Å². The van der Waals surface area contributed by atoms with E-state index in [2.05, 4.69) is 15.4 Å². The van der Waals surface area contributed by atoms with Crippen molar-refractivity contribution in [2.45, 2.75) is 13.2 Å². The minimum absolute atomic E-state index is 0.0811. The predicted octanol–water partition coefficient (Wildman–Crippen LogP) is 1.85. The van der Waals surface area contributed by atoms with E-state index >= 15 is 0 Å². The number of hydrogen-bond acceptors (Lipinski definition) is 5. The average Bonchev–Trinajstić information content (AvgIpc) is 3.01. The third-order valence-corrected chi connectivity index (χ3v) is 3.23. The predicted molar refractivity (Wildman–Crippen MR) is 83.4 cm³/mol. The number of carboxylic acids is 1. The van der Waals surface area contributed by atoms with Gasteiger partial charge in [0.05, 0.1) is 12.1 Å². The molecule has 122 valence electrons. The molecule has 3 rings (SSSR count). The highest BCUT2D eigenvalue weighted by atomic mass is 16.5. The van der Waals surface area contributed by atoms with E-state index in [0.29, 0.717) is 11.5 Å². The molecule has 24 heavy (non-hydrogen) atoms. The molecule has 0 unspecified atom stereocenters. The summed E-state index contributed by atoms with van der Waals surface area (Å²) in [5.74, 6) is -0.689. The van der Waals surface area contributed by atoms with Crippen molar-refractivity contribution in [2.24, 2.45) is 0 Å². The second-order valence-electron chi connectivity index (χ2n) is 4.97. The Morgan fingerprint density at radius 2 is 1.96 bits per heavy atom. The summed E-state index contributed by atoms with van der Waals surface area (Å²) in [7, 11) is 0. The molecule has 2 heterocycles. The Labute approximate surface area is 136 Å². The largest absolute Gasteiger partial charge is 0.478 e. The topological polar surface area (TPSA) is 106 Å². The Kier molecular flexibility index (Phi) is 4.37. The summed E-state index contributed by atoms with van der Waals surface area (Å²) < 4.78 is 6.44. The molecule has 1 aromatic carbocycles. The lowest BCUT2D eigenvalue weighted by Crippen LogP contribution is -2.24. The van der Waals surface area contributed by atoms with Crippen LogP contribution < -0.4 is 5.32 Å². The van der Waals surface area contributed by atoms with Gasteiger partial charge in [-0.05, 0) is 17.7 Å². The normalized spacial score (nSPS) is 10.5. The number of carbonyl (C=O) groups excluding carboxylic acids is 1. The molecule has 0 aliphatic rings. The van der Waals surface area contributed by atoms with Gasteiger partial charge in [0.1, 0.15) is 6.61 Å². The van der Waals surface area contributed by atoms with Crippen LogP contribution in [0.5, 0.6) is 0 Å². The first-order valence-electron chi connectivity index (χ1n) is 7.15. The van der Waals surface area contributed by atoms with Crippen LogP contribution in [0.4, 0.5) is 4.79 Å². The molecule has 2 N–H and O–H groups in total. The number of benzene rings is 1. The number of carboxylic acid groups (broad SMARTS) is 1. The third-order valence-electron chi connectivity index (χ3n) is 3.23. The zero-order chi connectivity index (χ0) is 16.9. The number of hydrogen-bond donors (Lipinski definition) is 2. The Morgan fingerprint density at radius 3 is 2.71 bits per heavy atom. The molecule has 1 amide bonds. The van der Waals surface area contributed by atoms with Crippen LogP contribution in [0.3, 0.4) is 0 Å². The fraction of sp³-hybridized carbons (Fsp3) is 0.125. The van der Waals surface area contributed by atoms with Crippen molar-refractivity contribution in [1.82, 2.24) is 19.9 Å². The number of nitrogens with one attached hydrogen (secondary N) is 1. The lowest BCUT2D eigenvalue weighted by atomic mass is 10.2. The van der Waals surface area contributed by atoms with Crippen molar-refractivity contribution in [3.8, 4) is 0 Å². The number of amides is 1. The zero-order valence-electron chi connectivity index (χ0n) is 12.5. The zero-order valence-corrected chi connectivity index (χ0v) is 12.5. The number of carbonyl (C=O) groups is 2. The Morgan fingerprint density at radius 1 is 1.17 bits per heavy atom. The van der Waals surface area contributed by atoms with Crippen molar-refractivity contribution < 1.29 is 19.4 Å². The standard InChI is InChI=1S/C16H14N4O4/c21-15(22)12-6-7-14-18-13(19-20(14)9-12)8-17-16(23)24-10-11-4-2-1-3-5-11/h1-7,9H,8,10H2,(H,17,23)(H,21,22). The van der Waals surface area contributed by atoms with Crippen LogP contribution in [-0.2, 0) is 17.9 Å². The lowest BCUT2D eigenvalue weighted by Gasteiger charge is -2.05. The summed E-state index contributed by atoms with van der Waals surface area (Å²) in [6.45, 7) is 0.255. The number of alkyl carbamates (subject to hydrolysis) is 1. The highest BCUT2D eigenvalue weighted by Gasteiger charge is 2.09. The molecule has 2 aromatic heterocycles. The van der Waals surface area contributed by atoms with Crippen LogP contribution in [-0.4, -0.2) is 31.8 Å². The molecule has 0 fully saturated rings. The molecule has 8 heteroatoms. The first kappa shape index (κ1) is 15.5. The number of aromatic nitrogens is 3. The maximum absolute atomic E-state index is 11.7. The highest BCUT2D eigenvalue weighted by molar-refractivity contribution is 5.87. The fourth-order valence-corrected chi connectivity index (χ4v) is 2.06. The van der Waals surface area contributed by atoms with Gasteiger partial charge in [0, 0.05) is 6.20 Å². The van der Waals surface area contributed by atoms with Gasteiger partial charge in [-0.15, -0.1) is 5.10 Å². The van der Waals surface area contributed by atoms with E-state index in [1.54, 1.807) is 6.07 Å². The van der Waals surface area contributed by atoms with Gasteiger partial charge < -0.3 is 15.2 Å². The van der Waals surface area contributed by atoms with E-state index in [-0.39, 0.29) is 18.7 Å². The van der Waals surface area contributed by atoms with Crippen LogP contribution in [0.15, 0.2) is 48.7 Å². The molecular formula is C16H14N4O4. The fourth-order valence-electron chi connectivity index (χ4n) is 2.06. The minimum atomic E-state index is -1.04. The van der Waals surface area contributed by atoms with Gasteiger partial charge in [-0.25, -0.2) is 19.1 Å². The van der Waals surface area contributed by atoms with Crippen LogP contribution in [0, 0.1) is 0 Å². The van der Waals surface area contributed by atoms with Crippen molar-refractivity contribution in [2.75, 3.05) is 0 Å². The summed E-state index contributed by atoms with van der Waals surface area (Å²) in [5, 5.41) is 15.6. The Bertz CT molecular complexity index is 876. The summed E-state index contributed by atoms with van der Waals surface area (Å²) in [6.07, 6.45) is 0.783. The van der Waals surface area contributed by atoms with Gasteiger partial charge >= 0.3 is 12.1 Å². The molecule has 0 bridgehead atoms. The van der Waals surface area contributed by atoms with Gasteiger partial charge in [0.25, 0.3) is 0 Å². The number of fused-ring (bicyclic) bond motifs is 1. The molecule has 0 radical (unpaired) electrons. The van der Waals surface area contributed by atoms with Crippen molar-refractivity contribution >= 4 is 17.7 Å². The van der Waals surface area contributed by atoms with E-state index in [4.69, 9.17) is 9.84 Å². The van der Waals surface area contributed by atoms with Crippen LogP contribution in [0.2, 0.25) is 0 Å². The second-order valence-corrected chi connectivity index (χ2v) is 4.97. The maximum Gasteiger partial charge on any atom is 0.407 e. The first-order chi connectivity index (χ1) is 11.6. The molecule has 0 atom stereocenters. The van der Waals surface area contributed by atoms with Gasteiger partial charge in [-0.1, -0.05) is 30.3 Å². The van der Waals surface area contributed by atoms with Crippen LogP contribution in [0.1, 0.15) is 21.7 Å². The molecule has 0 saturated heterocycles. The molecule has 3 aromatic rings. The molecule has 0 saturated carbocycles. The number of rotatable bonds is 5. The summed E-state index contributed by atoms with van der Waals surface area (Å²) in [6, 6.07) is 12.3. The van der Waals surface area contributed by atoms with Crippen molar-refractivity contribution in [3.63, 3.8) is 0 Å². The summed E-state index contributed by atoms with van der Waals surface area (Å²) in [5.41, 5.74) is 1.49. The number of aromatic carboxylic acids is 1. The summed E-state index contributed by atoms with van der Waals surface area (Å²) >= 11 is 0. The van der Waals surface area contributed by atoms with Crippen molar-refractivity contribution in [1.29, 1.82) is 0 Å². The van der Waals surface area contributed by atoms with Crippen molar-refractivity contribution in [3.05, 3.63) is 65.6 Å². The van der Waals surface area contributed by atoms with Gasteiger partial charge in [-0.3, -0.25) is 0 Å². The third kappa shape index (κ3) is 3.67. The number of nitrogens with zero attached hydrogens (tertiary/aromatic N) is 3. The van der Waals surface area contributed by atoms with Gasteiger partial charge in [0.2, 0.25) is 0 Å². The molecular weight excluding hydrogens is 312 g/mol. The van der Waals surface area contributed by atoms with Gasteiger partial charge in [0.15, 0.2) is 11.5 Å². The molecule has 0 aliphatic heterocycles. The smallest absolute Gasteiger partial charge is 0.407 e. The highest BCUT2D eigenvalue weighted by Crippen LogP contribution is 2.05. The SMILES string of the molecule is O=C(NCc1nc2ccc(C(=O)O)cn2n1)OCc1ccccc1. The minimum Gasteiger partial charge on any atom is -0.478 e. The number of pyridine rings is 1. The van der Waals surface area contributed by atoms with E-state index in [1.165, 1.54) is 16.8 Å². The second kappa shape index (κ2) is 6.78. The summed E-state index contributed by atoms with van der Waals surface area (Å²) in [4.78, 5) is 26.8. The first-order valence-corrected chi connectivity index (χ1v) is 7.15.